The van der Waals surface area contributed by atoms with E-state index >= 15 is 0 Å². The van der Waals surface area contributed by atoms with Crippen molar-refractivity contribution in [2.45, 2.75) is 26.9 Å². The first-order valence-corrected chi connectivity index (χ1v) is 5.90. The maximum Gasteiger partial charge on any atom is 0.0953 e. The molecule has 0 bridgehead atoms. The first-order valence-electron chi connectivity index (χ1n) is 5.90. The molecule has 17 heavy (non-hydrogen) atoms. The van der Waals surface area contributed by atoms with Crippen LogP contribution in [-0.2, 0) is 20.1 Å². The van der Waals surface area contributed by atoms with E-state index in [9.17, 15) is 0 Å². The topological polar surface area (TPSA) is 47.7 Å². The molecule has 0 aliphatic rings. The van der Waals surface area contributed by atoms with Crippen LogP contribution in [0, 0.1) is 6.92 Å². The normalized spacial score (nSPS) is 11.0. The predicted molar refractivity (Wildman–Crippen MR) is 66.7 cm³/mol. The standard InChI is InChI=1S/C12H19N5/c1-4-13-6-11-7-17(9-14-11)8-12-5-10(2)15-16(12)3/h5,7,9,13H,4,6,8H2,1-3H3. The number of imidazole rings is 1. The summed E-state index contributed by atoms with van der Waals surface area (Å²) >= 11 is 0. The van der Waals surface area contributed by atoms with Gasteiger partial charge in [0.05, 0.1) is 30.0 Å². The summed E-state index contributed by atoms with van der Waals surface area (Å²) in [5, 5.41) is 7.60. The molecule has 0 unspecified atom stereocenters. The fourth-order valence-electron chi connectivity index (χ4n) is 1.84. The third-order valence-electron chi connectivity index (χ3n) is 2.69. The van der Waals surface area contributed by atoms with Gasteiger partial charge in [-0.1, -0.05) is 6.92 Å². The molecule has 0 saturated carbocycles. The Balaban J connectivity index is 2.03. The highest BCUT2D eigenvalue weighted by molar-refractivity contribution is 5.10. The summed E-state index contributed by atoms with van der Waals surface area (Å²) in [5.41, 5.74) is 3.32. The second-order valence-corrected chi connectivity index (χ2v) is 4.22. The summed E-state index contributed by atoms with van der Waals surface area (Å²) in [4.78, 5) is 4.36. The van der Waals surface area contributed by atoms with Gasteiger partial charge >= 0.3 is 0 Å². The summed E-state index contributed by atoms with van der Waals surface area (Å²) in [7, 11) is 1.97. The summed E-state index contributed by atoms with van der Waals surface area (Å²) in [6, 6.07) is 2.10. The average molecular weight is 233 g/mol. The Kier molecular flexibility index (Phi) is 3.58. The molecule has 2 heterocycles. The molecule has 5 nitrogen and oxygen atoms in total. The Morgan fingerprint density at radius 1 is 1.41 bits per heavy atom. The number of aryl methyl sites for hydroxylation is 2. The number of nitrogens with one attached hydrogen (secondary N) is 1. The lowest BCUT2D eigenvalue weighted by molar-refractivity contribution is 0.661. The third-order valence-corrected chi connectivity index (χ3v) is 2.69. The molecule has 0 fully saturated rings. The lowest BCUT2D eigenvalue weighted by Gasteiger charge is -2.02. The maximum atomic E-state index is 4.36. The largest absolute Gasteiger partial charge is 0.331 e. The van der Waals surface area contributed by atoms with Gasteiger partial charge in [0, 0.05) is 19.8 Å². The van der Waals surface area contributed by atoms with Crippen LogP contribution in [0.1, 0.15) is 24.0 Å². The Morgan fingerprint density at radius 2 is 2.24 bits per heavy atom. The number of rotatable bonds is 5. The predicted octanol–water partition coefficient (Wildman–Crippen LogP) is 1.08. The molecule has 2 aromatic heterocycles. The number of aromatic nitrogens is 4. The quantitative estimate of drug-likeness (QED) is 0.840. The van der Waals surface area contributed by atoms with E-state index in [2.05, 4.69) is 39.2 Å². The minimum absolute atomic E-state index is 0.816. The molecule has 1 N–H and O–H groups in total. The van der Waals surface area contributed by atoms with Gasteiger partial charge in [0.2, 0.25) is 0 Å². The van der Waals surface area contributed by atoms with Crippen molar-refractivity contribution in [1.82, 2.24) is 24.6 Å². The highest BCUT2D eigenvalue weighted by Crippen LogP contribution is 2.05. The molecule has 5 heteroatoms. The lowest BCUT2D eigenvalue weighted by Crippen LogP contribution is -2.11. The van der Waals surface area contributed by atoms with Crippen LogP contribution in [0.3, 0.4) is 0 Å². The zero-order chi connectivity index (χ0) is 12.3. The zero-order valence-corrected chi connectivity index (χ0v) is 10.6. The van der Waals surface area contributed by atoms with Gasteiger partial charge in [-0.25, -0.2) is 4.98 Å². The Hall–Kier alpha value is -1.62. The van der Waals surface area contributed by atoms with E-state index in [4.69, 9.17) is 0 Å². The molecule has 2 aromatic rings. The molecular formula is C12H19N5. The molecule has 0 saturated heterocycles. The van der Waals surface area contributed by atoms with E-state index < -0.39 is 0 Å². The Labute approximate surface area is 101 Å². The maximum absolute atomic E-state index is 4.36. The van der Waals surface area contributed by atoms with Crippen molar-refractivity contribution in [3.8, 4) is 0 Å². The molecule has 2 rings (SSSR count). The summed E-state index contributed by atoms with van der Waals surface area (Å²) in [6.07, 6.45) is 3.94. The monoisotopic (exact) mass is 233 g/mol. The molecule has 0 amide bonds. The van der Waals surface area contributed by atoms with Crippen LogP contribution < -0.4 is 5.32 Å². The molecule has 0 aromatic carbocycles. The van der Waals surface area contributed by atoms with E-state index in [1.54, 1.807) is 0 Å². The Morgan fingerprint density at radius 3 is 2.88 bits per heavy atom. The summed E-state index contributed by atoms with van der Waals surface area (Å²) < 4.78 is 4.00. The molecule has 0 radical (unpaired) electrons. The van der Waals surface area contributed by atoms with E-state index in [-0.39, 0.29) is 0 Å². The van der Waals surface area contributed by atoms with Crippen molar-refractivity contribution in [3.05, 3.63) is 35.7 Å². The van der Waals surface area contributed by atoms with Crippen LogP contribution in [-0.4, -0.2) is 25.9 Å². The van der Waals surface area contributed by atoms with E-state index in [1.807, 2.05) is 25.0 Å². The van der Waals surface area contributed by atoms with E-state index in [0.29, 0.717) is 0 Å². The molecule has 0 atom stereocenters. The smallest absolute Gasteiger partial charge is 0.0953 e. The number of nitrogens with zero attached hydrogens (tertiary/aromatic N) is 4. The van der Waals surface area contributed by atoms with Crippen molar-refractivity contribution in [3.63, 3.8) is 0 Å². The Bertz CT molecular complexity index is 483. The third kappa shape index (κ3) is 2.94. The first kappa shape index (κ1) is 11.9. The van der Waals surface area contributed by atoms with Crippen LogP contribution in [0.4, 0.5) is 0 Å². The van der Waals surface area contributed by atoms with Crippen molar-refractivity contribution < 1.29 is 0 Å². The molecule has 0 aliphatic carbocycles. The SMILES string of the molecule is CCNCc1cn(Cc2cc(C)nn2C)cn1. The second-order valence-electron chi connectivity index (χ2n) is 4.22. The van der Waals surface area contributed by atoms with Crippen LogP contribution >= 0.6 is 0 Å². The first-order chi connectivity index (χ1) is 8.19. The van der Waals surface area contributed by atoms with E-state index in [0.717, 1.165) is 31.0 Å². The molecule has 0 spiro atoms. The van der Waals surface area contributed by atoms with Gasteiger partial charge in [-0.15, -0.1) is 0 Å². The van der Waals surface area contributed by atoms with Crippen molar-refractivity contribution >= 4 is 0 Å². The summed E-state index contributed by atoms with van der Waals surface area (Å²) in [5.74, 6) is 0. The number of hydrogen-bond donors (Lipinski definition) is 1. The number of hydrogen-bond acceptors (Lipinski definition) is 3. The van der Waals surface area contributed by atoms with Crippen LogP contribution in [0.15, 0.2) is 18.6 Å². The molecule has 0 aliphatic heterocycles. The van der Waals surface area contributed by atoms with Crippen molar-refractivity contribution in [2.24, 2.45) is 7.05 Å². The lowest BCUT2D eigenvalue weighted by atomic mass is 10.3. The van der Waals surface area contributed by atoms with Gasteiger partial charge in [-0.3, -0.25) is 4.68 Å². The van der Waals surface area contributed by atoms with Crippen LogP contribution in [0.25, 0.3) is 0 Å². The zero-order valence-electron chi connectivity index (χ0n) is 10.6. The van der Waals surface area contributed by atoms with Gasteiger partial charge in [-0.05, 0) is 19.5 Å². The van der Waals surface area contributed by atoms with Crippen LogP contribution in [0.5, 0.6) is 0 Å². The highest BCUT2D eigenvalue weighted by atomic mass is 15.3. The van der Waals surface area contributed by atoms with Crippen molar-refractivity contribution in [1.29, 1.82) is 0 Å². The fourth-order valence-corrected chi connectivity index (χ4v) is 1.84. The molecule has 92 valence electrons. The minimum Gasteiger partial charge on any atom is -0.331 e. The van der Waals surface area contributed by atoms with Crippen LogP contribution in [0.2, 0.25) is 0 Å². The summed E-state index contributed by atoms with van der Waals surface area (Å²) in [6.45, 7) is 6.71. The second kappa shape index (κ2) is 5.14. The molecular weight excluding hydrogens is 214 g/mol. The fraction of sp³-hybridized carbons (Fsp3) is 0.500. The van der Waals surface area contributed by atoms with Crippen molar-refractivity contribution in [2.75, 3.05) is 6.54 Å². The van der Waals surface area contributed by atoms with Gasteiger partial charge < -0.3 is 9.88 Å². The minimum atomic E-state index is 0.816. The average Bonchev–Trinajstić information content (AvgIpc) is 2.84. The van der Waals surface area contributed by atoms with E-state index in [1.165, 1.54) is 5.69 Å². The van der Waals surface area contributed by atoms with Gasteiger partial charge in [0.15, 0.2) is 0 Å². The van der Waals surface area contributed by atoms with Gasteiger partial charge in [-0.2, -0.15) is 5.10 Å². The van der Waals surface area contributed by atoms with Gasteiger partial charge in [0.1, 0.15) is 0 Å². The van der Waals surface area contributed by atoms with Gasteiger partial charge in [0.25, 0.3) is 0 Å². The highest BCUT2D eigenvalue weighted by Gasteiger charge is 2.04.